The number of aromatic amines is 1. The van der Waals surface area contributed by atoms with Gasteiger partial charge in [-0.25, -0.2) is 14.8 Å². The van der Waals surface area contributed by atoms with Crippen LogP contribution in [0.25, 0.3) is 16.1 Å². The third-order valence-corrected chi connectivity index (χ3v) is 7.13. The second kappa shape index (κ2) is 7.76. The number of hydrogen-bond donors (Lipinski definition) is 1. The molecule has 0 unspecified atom stereocenters. The summed E-state index contributed by atoms with van der Waals surface area (Å²) < 4.78 is 5.61. The average Bonchev–Trinajstić information content (AvgIpc) is 3.35. The van der Waals surface area contributed by atoms with Crippen molar-refractivity contribution in [2.75, 3.05) is 20.1 Å². The molecule has 1 saturated heterocycles. The molecule has 164 valence electrons. The minimum Gasteiger partial charge on any atom is -0.322 e. The Bertz CT molecular complexity index is 1330. The Kier molecular flexibility index (Phi) is 5.05. The van der Waals surface area contributed by atoms with E-state index in [0.29, 0.717) is 30.0 Å². The number of aromatic nitrogens is 6. The quantitative estimate of drug-likeness (QED) is 0.510. The van der Waals surface area contributed by atoms with E-state index in [1.54, 1.807) is 15.9 Å². The third-order valence-electron chi connectivity index (χ3n) is 6.22. The molecule has 0 aromatic carbocycles. The zero-order chi connectivity index (χ0) is 21.7. The molecule has 0 radical (unpaired) electrons. The normalized spacial score (nSPS) is 16.1. The maximum atomic E-state index is 12.8. The molecule has 0 atom stereocenters. The van der Waals surface area contributed by atoms with Gasteiger partial charge >= 0.3 is 5.69 Å². The number of H-pyrrole nitrogens is 1. The van der Waals surface area contributed by atoms with Crippen LogP contribution < -0.4 is 11.2 Å². The summed E-state index contributed by atoms with van der Waals surface area (Å²) in [6.45, 7) is 7.25. The number of rotatable bonds is 5. The van der Waals surface area contributed by atoms with Crippen LogP contribution in [0, 0.1) is 12.8 Å². The van der Waals surface area contributed by atoms with E-state index in [1.807, 2.05) is 22.1 Å². The van der Waals surface area contributed by atoms with Gasteiger partial charge in [0.05, 0.1) is 5.69 Å². The van der Waals surface area contributed by atoms with Crippen molar-refractivity contribution in [3.8, 4) is 0 Å². The smallest absolute Gasteiger partial charge is 0.322 e. The van der Waals surface area contributed by atoms with Gasteiger partial charge in [0.1, 0.15) is 5.82 Å². The first kappa shape index (κ1) is 20.2. The van der Waals surface area contributed by atoms with Crippen LogP contribution in [0.5, 0.6) is 0 Å². The molecule has 1 N–H and O–H groups in total. The highest BCUT2D eigenvalue weighted by atomic mass is 32.1. The fourth-order valence-electron chi connectivity index (χ4n) is 4.55. The molecule has 10 heteroatoms. The lowest BCUT2D eigenvalue weighted by Gasteiger charge is -2.29. The van der Waals surface area contributed by atoms with Gasteiger partial charge in [-0.1, -0.05) is 0 Å². The molecule has 31 heavy (non-hydrogen) atoms. The van der Waals surface area contributed by atoms with Gasteiger partial charge in [-0.3, -0.25) is 18.7 Å². The molecule has 4 aromatic heterocycles. The third kappa shape index (κ3) is 3.63. The summed E-state index contributed by atoms with van der Waals surface area (Å²) in [4.78, 5) is 41.7. The summed E-state index contributed by atoms with van der Waals surface area (Å²) in [6.07, 6.45) is 6.78. The molecule has 0 spiro atoms. The van der Waals surface area contributed by atoms with Crippen molar-refractivity contribution < 1.29 is 0 Å². The zero-order valence-corrected chi connectivity index (χ0v) is 18.9. The van der Waals surface area contributed by atoms with E-state index >= 15 is 0 Å². The van der Waals surface area contributed by atoms with Crippen LogP contribution in [0.4, 0.5) is 0 Å². The molecular formula is C21H27N7O2S. The van der Waals surface area contributed by atoms with Gasteiger partial charge in [0.25, 0.3) is 5.56 Å². The number of thiazole rings is 1. The van der Waals surface area contributed by atoms with Gasteiger partial charge in [0.15, 0.2) is 16.1 Å². The highest BCUT2D eigenvalue weighted by Gasteiger charge is 2.23. The Labute approximate surface area is 183 Å². The fourth-order valence-corrected chi connectivity index (χ4v) is 5.38. The van der Waals surface area contributed by atoms with E-state index in [4.69, 9.17) is 9.97 Å². The van der Waals surface area contributed by atoms with Crippen molar-refractivity contribution in [1.29, 1.82) is 0 Å². The van der Waals surface area contributed by atoms with Gasteiger partial charge in [-0.15, -0.1) is 11.3 Å². The minimum atomic E-state index is -0.409. The Morgan fingerprint density at radius 1 is 1.16 bits per heavy atom. The topological polar surface area (TPSA) is 93.2 Å². The van der Waals surface area contributed by atoms with Crippen LogP contribution in [0.15, 0.2) is 22.0 Å². The van der Waals surface area contributed by atoms with Crippen molar-refractivity contribution in [2.45, 2.75) is 46.2 Å². The average molecular weight is 442 g/mol. The molecule has 0 amide bonds. The highest BCUT2D eigenvalue weighted by molar-refractivity contribution is 7.16. The van der Waals surface area contributed by atoms with Crippen LogP contribution in [-0.2, 0) is 19.5 Å². The lowest BCUT2D eigenvalue weighted by molar-refractivity contribution is 0.205. The van der Waals surface area contributed by atoms with Crippen molar-refractivity contribution in [3.05, 3.63) is 49.6 Å². The first-order valence-electron chi connectivity index (χ1n) is 10.8. The molecule has 0 bridgehead atoms. The van der Waals surface area contributed by atoms with Crippen LogP contribution in [0.1, 0.15) is 36.2 Å². The molecule has 1 aliphatic rings. The second-order valence-corrected chi connectivity index (χ2v) is 9.71. The Hall–Kier alpha value is -2.72. The van der Waals surface area contributed by atoms with Crippen molar-refractivity contribution in [2.24, 2.45) is 5.92 Å². The molecule has 5 heterocycles. The van der Waals surface area contributed by atoms with Crippen LogP contribution in [0.2, 0.25) is 0 Å². The first-order chi connectivity index (χ1) is 14.9. The van der Waals surface area contributed by atoms with E-state index in [-0.39, 0.29) is 5.56 Å². The van der Waals surface area contributed by atoms with Crippen LogP contribution in [-0.4, -0.2) is 53.5 Å². The summed E-state index contributed by atoms with van der Waals surface area (Å²) >= 11 is 1.65. The summed E-state index contributed by atoms with van der Waals surface area (Å²) in [7, 11) is 2.14. The number of imidazole rings is 2. The molecule has 4 aromatic rings. The van der Waals surface area contributed by atoms with Crippen molar-refractivity contribution >= 4 is 27.5 Å². The highest BCUT2D eigenvalue weighted by Crippen LogP contribution is 2.23. The monoisotopic (exact) mass is 441 g/mol. The Morgan fingerprint density at radius 2 is 1.94 bits per heavy atom. The first-order valence-corrected chi connectivity index (χ1v) is 11.6. The summed E-state index contributed by atoms with van der Waals surface area (Å²) in [5.41, 5.74) is 1.10. The molecule has 1 fully saturated rings. The minimum absolute atomic E-state index is 0.363. The lowest BCUT2D eigenvalue weighted by atomic mass is 9.97. The van der Waals surface area contributed by atoms with E-state index in [2.05, 4.69) is 30.1 Å². The molecule has 5 rings (SSSR count). The largest absolute Gasteiger partial charge is 0.330 e. The van der Waals surface area contributed by atoms with Crippen molar-refractivity contribution in [1.82, 2.24) is 33.4 Å². The maximum absolute atomic E-state index is 12.8. The number of nitrogens with one attached hydrogen (secondary N) is 1. The molecule has 0 aliphatic carbocycles. The van der Waals surface area contributed by atoms with Crippen molar-refractivity contribution in [3.63, 3.8) is 0 Å². The van der Waals surface area contributed by atoms with Crippen LogP contribution >= 0.6 is 11.3 Å². The Morgan fingerprint density at radius 3 is 2.65 bits per heavy atom. The summed E-state index contributed by atoms with van der Waals surface area (Å²) in [5, 5.41) is 0. The second-order valence-electron chi connectivity index (χ2n) is 8.50. The van der Waals surface area contributed by atoms with Gasteiger partial charge in [-0.2, -0.15) is 0 Å². The fraction of sp³-hybridized carbons (Fsp3) is 0.524. The lowest BCUT2D eigenvalue weighted by Crippen LogP contribution is -2.33. The molecule has 9 nitrogen and oxygen atoms in total. The number of aryl methyl sites for hydroxylation is 2. The zero-order valence-electron chi connectivity index (χ0n) is 18.1. The van der Waals surface area contributed by atoms with E-state index in [0.717, 1.165) is 49.0 Å². The summed E-state index contributed by atoms with van der Waals surface area (Å²) in [6, 6.07) is 0. The van der Waals surface area contributed by atoms with Gasteiger partial charge in [0.2, 0.25) is 0 Å². The predicted molar refractivity (Wildman–Crippen MR) is 121 cm³/mol. The number of hydrogen-bond acceptors (Lipinski definition) is 6. The summed E-state index contributed by atoms with van der Waals surface area (Å²) in [5.74, 6) is 1.26. The Balaban J connectivity index is 1.60. The number of fused-ring (bicyclic) bond motifs is 2. The predicted octanol–water partition coefficient (Wildman–Crippen LogP) is 1.86. The number of nitrogens with zero attached hydrogens (tertiary/aromatic N) is 6. The molecule has 0 saturated carbocycles. The standard InChI is InChI=1S/C21H27N7O2S/c1-4-27-18-17(19(29)24-20(27)30)28(11-14-5-7-25(3)8-6-14)16(23-18)9-15-12-26-10-13(2)31-21(26)22-15/h10,12,14H,4-9,11H2,1-3H3,(H,24,29,30). The van der Waals surface area contributed by atoms with E-state index < -0.39 is 5.69 Å². The maximum Gasteiger partial charge on any atom is 0.330 e. The SMILES string of the molecule is CCn1c(=O)[nH]c(=O)c2c1nc(Cc1cn3cc(C)sc3n1)n2CC1CCN(C)CC1. The van der Waals surface area contributed by atoms with E-state index in [9.17, 15) is 9.59 Å². The number of piperidine rings is 1. The van der Waals surface area contributed by atoms with Crippen LogP contribution in [0.3, 0.4) is 0 Å². The van der Waals surface area contributed by atoms with Gasteiger partial charge in [0, 0.05) is 36.8 Å². The number of likely N-dealkylation sites (tertiary alicyclic amines) is 1. The van der Waals surface area contributed by atoms with Gasteiger partial charge < -0.3 is 9.47 Å². The van der Waals surface area contributed by atoms with E-state index in [1.165, 1.54) is 4.88 Å². The van der Waals surface area contributed by atoms with Gasteiger partial charge in [-0.05, 0) is 52.7 Å². The molecule has 1 aliphatic heterocycles. The molecular weight excluding hydrogens is 414 g/mol.